The third-order valence-corrected chi connectivity index (χ3v) is 2.24. The summed E-state index contributed by atoms with van der Waals surface area (Å²) in [6, 6.07) is 0. The van der Waals surface area contributed by atoms with Crippen LogP contribution in [0.15, 0.2) is 0 Å². The molecule has 1 aliphatic rings. The van der Waals surface area contributed by atoms with Gasteiger partial charge in [0.1, 0.15) is 12.0 Å². The second kappa shape index (κ2) is 1.72. The average molecular weight is 128 g/mol. The molecule has 0 aromatic heterocycles. The Morgan fingerprint density at radius 1 is 1.67 bits per heavy atom. The molecule has 0 spiro atoms. The molecule has 2 heteroatoms. The molecule has 0 radical (unpaired) electrons. The Balaban J connectivity index is 2.64. The highest BCUT2D eigenvalue weighted by Gasteiger charge is 2.47. The van der Waals surface area contributed by atoms with E-state index >= 15 is 0 Å². The minimum Gasteiger partial charge on any atom is -0.464 e. The average Bonchev–Trinajstić information content (AvgIpc) is 1.82. The fourth-order valence-electron chi connectivity index (χ4n) is 0.761. The van der Waals surface area contributed by atoms with Crippen molar-refractivity contribution in [2.75, 3.05) is 6.61 Å². The number of esters is 1. The van der Waals surface area contributed by atoms with Gasteiger partial charge in [0.2, 0.25) is 0 Å². The maximum Gasteiger partial charge on any atom is 0.315 e. The predicted molar refractivity (Wildman–Crippen MR) is 33.9 cm³/mol. The van der Waals surface area contributed by atoms with E-state index in [1.165, 1.54) is 0 Å². The summed E-state index contributed by atoms with van der Waals surface area (Å²) in [6.07, 6.45) is 0. The highest BCUT2D eigenvalue weighted by molar-refractivity contribution is 5.81. The molecule has 1 unspecified atom stereocenters. The Morgan fingerprint density at radius 3 is 2.22 bits per heavy atom. The zero-order chi connectivity index (χ0) is 7.07. The molecule has 1 saturated heterocycles. The van der Waals surface area contributed by atoms with Crippen LogP contribution >= 0.6 is 0 Å². The topological polar surface area (TPSA) is 26.3 Å². The first-order valence-electron chi connectivity index (χ1n) is 3.24. The molecular weight excluding hydrogens is 116 g/mol. The molecule has 1 fully saturated rings. The van der Waals surface area contributed by atoms with Crippen LogP contribution < -0.4 is 0 Å². The zero-order valence-corrected chi connectivity index (χ0v) is 6.10. The van der Waals surface area contributed by atoms with E-state index < -0.39 is 0 Å². The fraction of sp³-hybridized carbons (Fsp3) is 0.857. The molecule has 2 nitrogen and oxygen atoms in total. The summed E-state index contributed by atoms with van der Waals surface area (Å²) >= 11 is 0. The summed E-state index contributed by atoms with van der Waals surface area (Å²) in [5.74, 6) is 0.358. The second-order valence-electron chi connectivity index (χ2n) is 3.15. The Labute approximate surface area is 55.2 Å². The van der Waals surface area contributed by atoms with Gasteiger partial charge >= 0.3 is 5.97 Å². The van der Waals surface area contributed by atoms with Crippen LogP contribution in [0.1, 0.15) is 20.8 Å². The first-order chi connectivity index (χ1) is 4.07. The number of carbonyl (C=O) groups is 1. The van der Waals surface area contributed by atoms with Gasteiger partial charge < -0.3 is 4.74 Å². The van der Waals surface area contributed by atoms with Crippen LogP contribution in [-0.4, -0.2) is 12.6 Å². The maximum atomic E-state index is 10.8. The van der Waals surface area contributed by atoms with Gasteiger partial charge in [-0.1, -0.05) is 13.8 Å². The smallest absolute Gasteiger partial charge is 0.315 e. The van der Waals surface area contributed by atoms with Crippen molar-refractivity contribution in [2.45, 2.75) is 20.8 Å². The van der Waals surface area contributed by atoms with Crippen molar-refractivity contribution >= 4 is 5.97 Å². The Kier molecular flexibility index (Phi) is 1.26. The molecule has 1 heterocycles. The number of hydrogen-bond acceptors (Lipinski definition) is 2. The lowest BCUT2D eigenvalue weighted by Crippen LogP contribution is -2.49. The van der Waals surface area contributed by atoms with Gasteiger partial charge in [0, 0.05) is 0 Å². The number of ether oxygens (including phenoxy) is 1. The van der Waals surface area contributed by atoms with Crippen LogP contribution in [0.4, 0.5) is 0 Å². The van der Waals surface area contributed by atoms with Crippen LogP contribution in [-0.2, 0) is 9.53 Å². The summed E-state index contributed by atoms with van der Waals surface area (Å²) in [5.41, 5.74) is -0.181. The number of hydrogen-bond donors (Lipinski definition) is 0. The summed E-state index contributed by atoms with van der Waals surface area (Å²) < 4.78 is 4.67. The molecule has 0 saturated carbocycles. The third-order valence-electron chi connectivity index (χ3n) is 2.24. The number of rotatable bonds is 1. The SMILES string of the molecule is CC(C)C1(C)COC1=O. The Bertz CT molecular complexity index is 140. The van der Waals surface area contributed by atoms with Crippen LogP contribution in [0.5, 0.6) is 0 Å². The van der Waals surface area contributed by atoms with Crippen molar-refractivity contribution in [3.05, 3.63) is 0 Å². The molecule has 1 aliphatic heterocycles. The van der Waals surface area contributed by atoms with Gasteiger partial charge in [0.25, 0.3) is 0 Å². The van der Waals surface area contributed by atoms with Crippen LogP contribution in [0.2, 0.25) is 0 Å². The number of cyclic esters (lactones) is 1. The maximum absolute atomic E-state index is 10.8. The highest BCUT2D eigenvalue weighted by atomic mass is 16.6. The minimum atomic E-state index is -0.181. The fourth-order valence-corrected chi connectivity index (χ4v) is 0.761. The van der Waals surface area contributed by atoms with Crippen molar-refractivity contribution in [1.82, 2.24) is 0 Å². The Hall–Kier alpha value is -0.530. The molecule has 0 N–H and O–H groups in total. The van der Waals surface area contributed by atoms with Gasteiger partial charge in [-0.2, -0.15) is 0 Å². The lowest BCUT2D eigenvalue weighted by molar-refractivity contribution is -0.188. The van der Waals surface area contributed by atoms with Gasteiger partial charge in [-0.3, -0.25) is 4.79 Å². The molecule has 1 atom stereocenters. The summed E-state index contributed by atoms with van der Waals surface area (Å²) in [5, 5.41) is 0. The van der Waals surface area contributed by atoms with E-state index in [1.807, 2.05) is 20.8 Å². The Morgan fingerprint density at radius 2 is 2.22 bits per heavy atom. The molecule has 0 aliphatic carbocycles. The van der Waals surface area contributed by atoms with Crippen LogP contribution in [0, 0.1) is 11.3 Å². The van der Waals surface area contributed by atoms with Gasteiger partial charge in [0.05, 0.1) is 0 Å². The third kappa shape index (κ3) is 0.732. The van der Waals surface area contributed by atoms with Crippen LogP contribution in [0.25, 0.3) is 0 Å². The van der Waals surface area contributed by atoms with Crippen molar-refractivity contribution in [2.24, 2.45) is 11.3 Å². The molecule has 1 rings (SSSR count). The van der Waals surface area contributed by atoms with Gasteiger partial charge in [-0.15, -0.1) is 0 Å². The summed E-state index contributed by atoms with van der Waals surface area (Å²) in [4.78, 5) is 10.8. The lowest BCUT2D eigenvalue weighted by Gasteiger charge is -2.38. The van der Waals surface area contributed by atoms with E-state index in [4.69, 9.17) is 0 Å². The van der Waals surface area contributed by atoms with E-state index in [-0.39, 0.29) is 11.4 Å². The highest BCUT2D eigenvalue weighted by Crippen LogP contribution is 2.35. The zero-order valence-electron chi connectivity index (χ0n) is 6.10. The van der Waals surface area contributed by atoms with Crippen molar-refractivity contribution in [1.29, 1.82) is 0 Å². The van der Waals surface area contributed by atoms with Crippen molar-refractivity contribution in [3.63, 3.8) is 0 Å². The largest absolute Gasteiger partial charge is 0.464 e. The first-order valence-corrected chi connectivity index (χ1v) is 3.24. The monoisotopic (exact) mass is 128 g/mol. The van der Waals surface area contributed by atoms with Crippen molar-refractivity contribution < 1.29 is 9.53 Å². The molecule has 0 aromatic carbocycles. The molecule has 0 bridgehead atoms. The molecular formula is C7H12O2. The van der Waals surface area contributed by atoms with E-state index in [0.29, 0.717) is 12.5 Å². The van der Waals surface area contributed by atoms with Crippen LogP contribution in [0.3, 0.4) is 0 Å². The minimum absolute atomic E-state index is 0.0440. The van der Waals surface area contributed by atoms with Gasteiger partial charge in [-0.25, -0.2) is 0 Å². The lowest BCUT2D eigenvalue weighted by atomic mass is 9.77. The van der Waals surface area contributed by atoms with Crippen molar-refractivity contribution in [3.8, 4) is 0 Å². The normalized spacial score (nSPS) is 34.0. The second-order valence-corrected chi connectivity index (χ2v) is 3.15. The summed E-state index contributed by atoms with van der Waals surface area (Å²) in [7, 11) is 0. The number of carbonyl (C=O) groups excluding carboxylic acids is 1. The van der Waals surface area contributed by atoms with E-state index in [0.717, 1.165) is 0 Å². The molecule has 9 heavy (non-hydrogen) atoms. The van der Waals surface area contributed by atoms with Gasteiger partial charge in [-0.05, 0) is 12.8 Å². The van der Waals surface area contributed by atoms with E-state index in [1.54, 1.807) is 0 Å². The molecule has 0 amide bonds. The summed E-state index contributed by atoms with van der Waals surface area (Å²) in [6.45, 7) is 6.63. The quantitative estimate of drug-likeness (QED) is 0.496. The predicted octanol–water partition coefficient (Wildman–Crippen LogP) is 1.21. The first kappa shape index (κ1) is 6.59. The van der Waals surface area contributed by atoms with Gasteiger partial charge in [0.15, 0.2) is 0 Å². The van der Waals surface area contributed by atoms with E-state index in [2.05, 4.69) is 4.74 Å². The van der Waals surface area contributed by atoms with E-state index in [9.17, 15) is 4.79 Å². The standard InChI is InChI=1S/C7H12O2/c1-5(2)7(3)4-9-6(7)8/h5H,4H2,1-3H3. The molecule has 0 aromatic rings. The molecule has 52 valence electrons.